The van der Waals surface area contributed by atoms with Crippen LogP contribution in [0.2, 0.25) is 5.02 Å². The number of benzene rings is 1. The fourth-order valence-electron chi connectivity index (χ4n) is 3.55. The summed E-state index contributed by atoms with van der Waals surface area (Å²) >= 11 is 6.27. The van der Waals surface area contributed by atoms with Crippen molar-refractivity contribution in [1.29, 1.82) is 0 Å². The van der Waals surface area contributed by atoms with Gasteiger partial charge < -0.3 is 20.4 Å². The molecule has 1 saturated heterocycles. The predicted molar refractivity (Wildman–Crippen MR) is 137 cm³/mol. The standard InChI is InChI=1S/C22H37ClFN5.HI/c1-6-25-21(26-14-17(2)15-29-11-9-28(5)10-12-29)27-16-22(3,4)19-8-7-18(24)13-20(19)23;/h7-8,13,17H,6,9-12,14-16H2,1-5H3,(H2,25,26,27);1H. The number of hydrogen-bond donors (Lipinski definition) is 2. The number of likely N-dealkylation sites (N-methyl/N-ethyl adjacent to an activating group) is 1. The van der Waals surface area contributed by atoms with Crippen molar-refractivity contribution >= 4 is 41.5 Å². The zero-order valence-electron chi connectivity index (χ0n) is 19.0. The van der Waals surface area contributed by atoms with Gasteiger partial charge in [0.05, 0.1) is 6.54 Å². The summed E-state index contributed by atoms with van der Waals surface area (Å²) < 4.78 is 13.4. The van der Waals surface area contributed by atoms with Crippen molar-refractivity contribution in [2.45, 2.75) is 33.1 Å². The number of aliphatic imine (C=N–C) groups is 1. The molecular weight excluding hydrogens is 516 g/mol. The van der Waals surface area contributed by atoms with Crippen LogP contribution in [-0.2, 0) is 5.41 Å². The van der Waals surface area contributed by atoms with Gasteiger partial charge in [0.1, 0.15) is 5.82 Å². The molecule has 1 heterocycles. The van der Waals surface area contributed by atoms with E-state index in [2.05, 4.69) is 55.2 Å². The van der Waals surface area contributed by atoms with Crippen molar-refractivity contribution in [2.75, 3.05) is 59.4 Å². The number of hydrogen-bond acceptors (Lipinski definition) is 3. The zero-order chi connectivity index (χ0) is 21.4. The molecule has 0 radical (unpaired) electrons. The number of guanidine groups is 1. The normalized spacial score (nSPS) is 17.4. The Kier molecular flexibility index (Phi) is 11.9. The molecule has 1 aliphatic heterocycles. The second-order valence-electron chi connectivity index (χ2n) is 8.79. The van der Waals surface area contributed by atoms with Crippen molar-refractivity contribution in [3.05, 3.63) is 34.6 Å². The van der Waals surface area contributed by atoms with E-state index in [1.54, 1.807) is 6.07 Å². The van der Waals surface area contributed by atoms with Crippen molar-refractivity contribution in [1.82, 2.24) is 20.4 Å². The maximum absolute atomic E-state index is 13.4. The Bertz CT molecular complexity index is 677. The van der Waals surface area contributed by atoms with Gasteiger partial charge in [-0.05, 0) is 37.6 Å². The van der Waals surface area contributed by atoms with Crippen LogP contribution in [0.15, 0.2) is 23.2 Å². The second kappa shape index (κ2) is 13.0. The zero-order valence-corrected chi connectivity index (χ0v) is 22.1. The Balaban J connectivity index is 0.00000450. The molecular formula is C22H38ClFIN5. The summed E-state index contributed by atoms with van der Waals surface area (Å²) in [6.45, 7) is 16.4. The number of nitrogens with zero attached hydrogens (tertiary/aromatic N) is 3. The summed E-state index contributed by atoms with van der Waals surface area (Å²) in [6, 6.07) is 4.58. The lowest BCUT2D eigenvalue weighted by molar-refractivity contribution is 0.139. The van der Waals surface area contributed by atoms with Gasteiger partial charge in [-0.25, -0.2) is 4.39 Å². The van der Waals surface area contributed by atoms with Crippen LogP contribution in [0.4, 0.5) is 4.39 Å². The van der Waals surface area contributed by atoms with Crippen molar-refractivity contribution < 1.29 is 4.39 Å². The minimum atomic E-state index is -0.317. The van der Waals surface area contributed by atoms with Gasteiger partial charge in [-0.15, -0.1) is 24.0 Å². The summed E-state index contributed by atoms with van der Waals surface area (Å²) in [4.78, 5) is 9.69. The number of nitrogens with one attached hydrogen (secondary N) is 2. The lowest BCUT2D eigenvalue weighted by Gasteiger charge is -2.34. The quantitative estimate of drug-likeness (QED) is 0.292. The molecule has 0 aliphatic carbocycles. The highest BCUT2D eigenvalue weighted by molar-refractivity contribution is 14.0. The first-order valence-corrected chi connectivity index (χ1v) is 11.0. The van der Waals surface area contributed by atoms with Crippen molar-refractivity contribution in [3.63, 3.8) is 0 Å². The van der Waals surface area contributed by atoms with Gasteiger partial charge >= 0.3 is 0 Å². The molecule has 2 N–H and O–H groups in total. The topological polar surface area (TPSA) is 42.9 Å². The number of rotatable bonds is 8. The molecule has 30 heavy (non-hydrogen) atoms. The van der Waals surface area contributed by atoms with Gasteiger partial charge in [-0.3, -0.25) is 4.99 Å². The largest absolute Gasteiger partial charge is 0.357 e. The molecule has 1 fully saturated rings. The average Bonchev–Trinajstić information content (AvgIpc) is 2.65. The lowest BCUT2D eigenvalue weighted by atomic mass is 9.84. The van der Waals surface area contributed by atoms with Gasteiger partial charge in [0, 0.05) is 56.3 Å². The van der Waals surface area contributed by atoms with E-state index in [1.807, 2.05) is 0 Å². The molecule has 0 bridgehead atoms. The van der Waals surface area contributed by atoms with Crippen LogP contribution < -0.4 is 10.6 Å². The van der Waals surface area contributed by atoms with Crippen LogP contribution in [-0.4, -0.2) is 75.2 Å². The first kappa shape index (κ1) is 27.4. The summed E-state index contributed by atoms with van der Waals surface area (Å²) in [5.41, 5.74) is 0.613. The Morgan fingerprint density at radius 2 is 1.90 bits per heavy atom. The fraction of sp³-hybridized carbons (Fsp3) is 0.682. The number of piperazine rings is 1. The van der Waals surface area contributed by atoms with Gasteiger partial charge in [0.2, 0.25) is 0 Å². The van der Waals surface area contributed by atoms with Gasteiger partial charge in [0.15, 0.2) is 5.96 Å². The van der Waals surface area contributed by atoms with Crippen molar-refractivity contribution in [2.24, 2.45) is 10.9 Å². The molecule has 172 valence electrons. The summed E-state index contributed by atoms with van der Waals surface area (Å²) in [6.07, 6.45) is 0. The van der Waals surface area contributed by atoms with Crippen LogP contribution in [0.3, 0.4) is 0 Å². The highest BCUT2D eigenvalue weighted by Crippen LogP contribution is 2.30. The third-order valence-corrected chi connectivity index (χ3v) is 5.73. The van der Waals surface area contributed by atoms with Gasteiger partial charge in [0.25, 0.3) is 0 Å². The molecule has 5 nitrogen and oxygen atoms in total. The smallest absolute Gasteiger partial charge is 0.191 e. The third-order valence-electron chi connectivity index (χ3n) is 5.42. The first-order valence-electron chi connectivity index (χ1n) is 10.6. The highest BCUT2D eigenvalue weighted by Gasteiger charge is 2.24. The summed E-state index contributed by atoms with van der Waals surface area (Å²) in [5.74, 6) is 1.02. The van der Waals surface area contributed by atoms with E-state index in [0.717, 1.165) is 57.3 Å². The Hall–Kier alpha value is -0.640. The Morgan fingerprint density at radius 3 is 2.50 bits per heavy atom. The molecule has 1 atom stereocenters. The molecule has 2 rings (SSSR count). The SMILES string of the molecule is CCNC(=NCC(C)(C)c1ccc(F)cc1Cl)NCC(C)CN1CCN(C)CC1.I. The van der Waals surface area contributed by atoms with Crippen molar-refractivity contribution in [3.8, 4) is 0 Å². The van der Waals surface area contributed by atoms with E-state index in [-0.39, 0.29) is 35.2 Å². The molecule has 0 spiro atoms. The minimum absolute atomic E-state index is 0. The molecule has 0 aromatic heterocycles. The maximum Gasteiger partial charge on any atom is 0.191 e. The van der Waals surface area contributed by atoms with Crippen LogP contribution in [0.1, 0.15) is 33.3 Å². The molecule has 1 aromatic rings. The monoisotopic (exact) mass is 553 g/mol. The molecule has 8 heteroatoms. The molecule has 1 unspecified atom stereocenters. The Labute approximate surface area is 203 Å². The second-order valence-corrected chi connectivity index (χ2v) is 9.20. The van der Waals surface area contributed by atoms with Crippen LogP contribution in [0, 0.1) is 11.7 Å². The molecule has 1 aromatic carbocycles. The van der Waals surface area contributed by atoms with E-state index < -0.39 is 0 Å². The van der Waals surface area contributed by atoms with E-state index in [1.165, 1.54) is 12.1 Å². The number of halogens is 3. The minimum Gasteiger partial charge on any atom is -0.357 e. The van der Waals surface area contributed by atoms with E-state index in [0.29, 0.717) is 17.5 Å². The lowest BCUT2D eigenvalue weighted by Crippen LogP contribution is -2.47. The first-order chi connectivity index (χ1) is 13.7. The molecule has 0 saturated carbocycles. The summed E-state index contributed by atoms with van der Waals surface area (Å²) in [7, 11) is 2.18. The molecule has 1 aliphatic rings. The summed E-state index contributed by atoms with van der Waals surface area (Å²) in [5, 5.41) is 7.24. The third kappa shape index (κ3) is 8.85. The fourth-order valence-corrected chi connectivity index (χ4v) is 3.97. The van der Waals surface area contributed by atoms with Crippen LogP contribution in [0.5, 0.6) is 0 Å². The van der Waals surface area contributed by atoms with E-state index in [9.17, 15) is 4.39 Å². The van der Waals surface area contributed by atoms with E-state index >= 15 is 0 Å². The highest BCUT2D eigenvalue weighted by atomic mass is 127. The maximum atomic E-state index is 13.4. The van der Waals surface area contributed by atoms with Crippen LogP contribution in [0.25, 0.3) is 0 Å². The van der Waals surface area contributed by atoms with Crippen LogP contribution >= 0.6 is 35.6 Å². The Morgan fingerprint density at radius 1 is 1.23 bits per heavy atom. The van der Waals surface area contributed by atoms with Gasteiger partial charge in [-0.1, -0.05) is 38.4 Å². The predicted octanol–water partition coefficient (Wildman–Crippen LogP) is 3.81. The van der Waals surface area contributed by atoms with E-state index in [4.69, 9.17) is 16.6 Å². The van der Waals surface area contributed by atoms with Gasteiger partial charge in [-0.2, -0.15) is 0 Å². The average molecular weight is 554 g/mol. The molecule has 0 amide bonds.